The number of hydrogen-bond donors (Lipinski definition) is 11. The molecule has 7 fully saturated rings. The molecule has 22 heteroatoms. The summed E-state index contributed by atoms with van der Waals surface area (Å²) >= 11 is 0. The van der Waals surface area contributed by atoms with Gasteiger partial charge in [-0.2, -0.15) is 8.42 Å². The van der Waals surface area contributed by atoms with Crippen molar-refractivity contribution in [3.8, 4) is 0 Å². The van der Waals surface area contributed by atoms with Crippen LogP contribution in [0.3, 0.4) is 0 Å². The minimum atomic E-state index is -5.11. The van der Waals surface area contributed by atoms with Crippen LogP contribution in [0.2, 0.25) is 0 Å². The SMILES string of the molecule is CC(CCC1(O)OC2CC3C4CC=C5CC(O)CC(OC6OC(C)C(OS(=O)(=O)O)C(O)C6OC6OC(C)C(O)C(O)C6O)C5(C)C4CCC3(C)C2C1C)COC1OC(CO)C(O)C(O)C1O. The average molecular weight is 983 g/mol. The first-order chi connectivity index (χ1) is 31.3. The molecule has 0 spiro atoms. The molecular weight excluding hydrogens is 909 g/mol. The Hall–Kier alpha value is -1.07. The van der Waals surface area contributed by atoms with Crippen molar-refractivity contribution >= 4 is 10.4 Å². The Labute approximate surface area is 391 Å². The zero-order valence-electron chi connectivity index (χ0n) is 38.9. The molecule has 4 aliphatic heterocycles. The van der Waals surface area contributed by atoms with Gasteiger partial charge in [0.1, 0.15) is 61.0 Å². The predicted molar refractivity (Wildman–Crippen MR) is 228 cm³/mol. The minimum absolute atomic E-state index is 0.0525. The molecule has 0 aromatic carbocycles. The second-order valence-corrected chi connectivity index (χ2v) is 22.6. The molecule has 4 aliphatic carbocycles. The van der Waals surface area contributed by atoms with Gasteiger partial charge >= 0.3 is 10.4 Å². The maximum absolute atomic E-state index is 12.1. The van der Waals surface area contributed by atoms with E-state index in [2.05, 4.69) is 26.8 Å². The molecule has 21 nitrogen and oxygen atoms in total. The first-order valence-corrected chi connectivity index (χ1v) is 25.4. The Morgan fingerprint density at radius 2 is 1.48 bits per heavy atom. The topological polar surface area (TPSA) is 331 Å². The summed E-state index contributed by atoms with van der Waals surface area (Å²) in [5, 5.41) is 107. The Kier molecular flexibility index (Phi) is 15.1. The number of rotatable bonds is 13. The molecule has 4 heterocycles. The van der Waals surface area contributed by atoms with E-state index in [1.54, 1.807) is 0 Å². The summed E-state index contributed by atoms with van der Waals surface area (Å²) in [7, 11) is -5.11. The number of aliphatic hydroxyl groups is 10. The van der Waals surface area contributed by atoms with Gasteiger partial charge in [-0.1, -0.05) is 39.3 Å². The Morgan fingerprint density at radius 3 is 2.16 bits per heavy atom. The summed E-state index contributed by atoms with van der Waals surface area (Å²) in [5.74, 6) is -1.25. The van der Waals surface area contributed by atoms with Crippen LogP contribution < -0.4 is 0 Å². The van der Waals surface area contributed by atoms with E-state index < -0.39 is 133 Å². The number of ether oxygens (including phenoxy) is 7. The Balaban J connectivity index is 0.966. The Bertz CT molecular complexity index is 1880. The van der Waals surface area contributed by atoms with Crippen molar-refractivity contribution in [2.75, 3.05) is 13.2 Å². The highest BCUT2D eigenvalue weighted by molar-refractivity contribution is 7.80. The Morgan fingerprint density at radius 1 is 0.806 bits per heavy atom. The van der Waals surface area contributed by atoms with E-state index in [4.69, 9.17) is 37.3 Å². The normalized spacial score (nSPS) is 53.8. The molecular formula is C45H74O21S. The van der Waals surface area contributed by atoms with Crippen LogP contribution in [0.5, 0.6) is 0 Å². The van der Waals surface area contributed by atoms with Gasteiger partial charge in [0.05, 0.1) is 43.7 Å². The lowest BCUT2D eigenvalue weighted by Gasteiger charge is -2.60. The smallest absolute Gasteiger partial charge is 0.394 e. The predicted octanol–water partition coefficient (Wildman–Crippen LogP) is -1.01. The highest BCUT2D eigenvalue weighted by atomic mass is 32.3. The van der Waals surface area contributed by atoms with Gasteiger partial charge in [0.15, 0.2) is 24.7 Å². The monoisotopic (exact) mass is 982 g/mol. The van der Waals surface area contributed by atoms with Crippen LogP contribution in [0.4, 0.5) is 0 Å². The van der Waals surface area contributed by atoms with Crippen LogP contribution in [-0.2, 0) is 47.7 Å². The number of aliphatic hydroxyl groups excluding tert-OH is 9. The highest BCUT2D eigenvalue weighted by Crippen LogP contribution is 2.70. The summed E-state index contributed by atoms with van der Waals surface area (Å²) in [5.41, 5.74) is 0.166. The lowest BCUT2D eigenvalue weighted by Crippen LogP contribution is -2.65. The van der Waals surface area contributed by atoms with E-state index in [0.29, 0.717) is 19.3 Å². The van der Waals surface area contributed by atoms with Crippen LogP contribution >= 0.6 is 0 Å². The van der Waals surface area contributed by atoms with E-state index >= 15 is 0 Å². The van der Waals surface area contributed by atoms with E-state index in [1.807, 2.05) is 6.92 Å². The van der Waals surface area contributed by atoms with Crippen LogP contribution in [-0.4, -0.2) is 193 Å². The zero-order valence-corrected chi connectivity index (χ0v) is 39.7. The van der Waals surface area contributed by atoms with Crippen molar-refractivity contribution in [2.24, 2.45) is 46.3 Å². The average Bonchev–Trinajstić information content (AvgIpc) is 3.70. The lowest BCUT2D eigenvalue weighted by molar-refractivity contribution is -0.370. The maximum atomic E-state index is 12.1. The van der Waals surface area contributed by atoms with Crippen molar-refractivity contribution in [1.82, 2.24) is 0 Å². The molecule has 67 heavy (non-hydrogen) atoms. The van der Waals surface area contributed by atoms with E-state index in [0.717, 1.165) is 31.3 Å². The third kappa shape index (κ3) is 9.45. The largest absolute Gasteiger partial charge is 0.397 e. The van der Waals surface area contributed by atoms with Gasteiger partial charge < -0.3 is 84.2 Å². The summed E-state index contributed by atoms with van der Waals surface area (Å²) in [6.07, 6.45) is -17.3. The molecule has 11 N–H and O–H groups in total. The van der Waals surface area contributed by atoms with Crippen molar-refractivity contribution in [2.45, 2.75) is 209 Å². The van der Waals surface area contributed by atoms with E-state index in [-0.39, 0.29) is 60.1 Å². The van der Waals surface area contributed by atoms with Crippen LogP contribution in [0.25, 0.3) is 0 Å². The molecule has 0 radical (unpaired) electrons. The third-order valence-electron chi connectivity index (χ3n) is 17.6. The van der Waals surface area contributed by atoms with Crippen molar-refractivity contribution in [3.05, 3.63) is 11.6 Å². The molecule has 8 aliphatic rings. The van der Waals surface area contributed by atoms with Gasteiger partial charge in [-0.25, -0.2) is 4.18 Å². The first-order valence-electron chi connectivity index (χ1n) is 24.0. The van der Waals surface area contributed by atoms with Gasteiger partial charge in [0.2, 0.25) is 0 Å². The van der Waals surface area contributed by atoms with Gasteiger partial charge in [0.25, 0.3) is 0 Å². The molecule has 0 bridgehead atoms. The summed E-state index contributed by atoms with van der Waals surface area (Å²) in [6, 6.07) is 0. The maximum Gasteiger partial charge on any atom is 0.397 e. The molecule has 27 unspecified atom stereocenters. The molecule has 386 valence electrons. The number of hydrogen-bond acceptors (Lipinski definition) is 20. The fourth-order valence-corrected chi connectivity index (χ4v) is 14.4. The van der Waals surface area contributed by atoms with Crippen molar-refractivity contribution in [3.63, 3.8) is 0 Å². The summed E-state index contributed by atoms with van der Waals surface area (Å²) < 4.78 is 80.9. The fraction of sp³-hybridized carbons (Fsp3) is 0.956. The molecule has 0 aromatic rings. The highest BCUT2D eigenvalue weighted by Gasteiger charge is 2.69. The lowest BCUT2D eigenvalue weighted by atomic mass is 9.46. The van der Waals surface area contributed by atoms with Gasteiger partial charge in [-0.15, -0.1) is 0 Å². The summed E-state index contributed by atoms with van der Waals surface area (Å²) in [6.45, 7) is 10.8. The summed E-state index contributed by atoms with van der Waals surface area (Å²) in [4.78, 5) is 0. The van der Waals surface area contributed by atoms with Crippen molar-refractivity contribution < 1.29 is 101 Å². The third-order valence-corrected chi connectivity index (χ3v) is 18.1. The van der Waals surface area contributed by atoms with Crippen LogP contribution in [0.15, 0.2) is 11.6 Å². The van der Waals surface area contributed by atoms with E-state index in [9.17, 15) is 64.0 Å². The van der Waals surface area contributed by atoms with Gasteiger partial charge in [0, 0.05) is 24.2 Å². The van der Waals surface area contributed by atoms with Crippen LogP contribution in [0.1, 0.15) is 92.9 Å². The molecule has 0 aromatic heterocycles. The van der Waals surface area contributed by atoms with E-state index in [1.165, 1.54) is 13.8 Å². The minimum Gasteiger partial charge on any atom is -0.394 e. The zero-order chi connectivity index (χ0) is 48.9. The second kappa shape index (κ2) is 19.4. The first kappa shape index (κ1) is 52.3. The molecule has 27 atom stereocenters. The fourth-order valence-electron chi connectivity index (χ4n) is 13.8. The number of allylic oxidation sites excluding steroid dienone is 1. The standard InChI is InChI=1S/C45H74O21S/c1-18(17-59-40-35(52)34(51)32(49)28(16-46)62-40)9-12-45(55)19(2)30-27(65-45)15-26-24-8-7-22-13-23(47)14-29(44(22,6)25(24)10-11-43(26,30)5)63-42-39(37(54)38(21(4)61-42)66-67(56,57)58)64-41-36(53)33(50)31(48)20(3)60-41/h7,18-21,23-42,46-55H,8-17H2,1-6H3,(H,56,57,58). The van der Waals surface area contributed by atoms with Gasteiger partial charge in [-0.3, -0.25) is 4.55 Å². The van der Waals surface area contributed by atoms with Crippen LogP contribution in [0, 0.1) is 46.3 Å². The van der Waals surface area contributed by atoms with Gasteiger partial charge in [-0.05, 0) is 87.4 Å². The molecule has 8 rings (SSSR count). The molecule has 3 saturated carbocycles. The molecule has 0 amide bonds. The quantitative estimate of drug-likeness (QED) is 0.0778. The number of fused-ring (bicyclic) bond motifs is 7. The molecule has 4 saturated heterocycles. The van der Waals surface area contributed by atoms with Crippen molar-refractivity contribution in [1.29, 1.82) is 0 Å². The second-order valence-electron chi connectivity index (χ2n) is 21.6.